The number of imidazole rings is 1. The number of aromatic amines is 1. The molecular weight excluding hydrogens is 420 g/mol. The number of carbonyl (C=O) groups excluding carboxylic acids is 1. The number of H-pyrrole nitrogens is 1. The lowest BCUT2D eigenvalue weighted by atomic mass is 10.0. The van der Waals surface area contributed by atoms with E-state index in [1.165, 1.54) is 12.7 Å². The number of nitrogens with zero attached hydrogens (tertiary/aromatic N) is 5. The molecular formula is C23H22N8O2. The van der Waals surface area contributed by atoms with Gasteiger partial charge < -0.3 is 10.7 Å². The minimum Gasteiger partial charge on any atom is -0.382 e. The van der Waals surface area contributed by atoms with Gasteiger partial charge >= 0.3 is 0 Å². The van der Waals surface area contributed by atoms with Crippen molar-refractivity contribution in [1.82, 2.24) is 35.4 Å². The Balaban J connectivity index is 0.000000214. The third kappa shape index (κ3) is 4.75. The van der Waals surface area contributed by atoms with Crippen molar-refractivity contribution in [3.63, 3.8) is 0 Å². The lowest BCUT2D eigenvalue weighted by Gasteiger charge is -2.09. The first-order valence-corrected chi connectivity index (χ1v) is 10.3. The molecule has 0 fully saturated rings. The highest BCUT2D eigenvalue weighted by Gasteiger charge is 2.11. The summed E-state index contributed by atoms with van der Waals surface area (Å²) in [6.45, 7) is 2.10. The molecule has 5 rings (SSSR count). The van der Waals surface area contributed by atoms with Gasteiger partial charge in [0.05, 0.1) is 17.5 Å². The van der Waals surface area contributed by atoms with E-state index in [1.807, 2.05) is 36.4 Å². The fourth-order valence-corrected chi connectivity index (χ4v) is 3.31. The molecule has 0 radical (unpaired) electrons. The summed E-state index contributed by atoms with van der Waals surface area (Å²) in [5, 5.41) is 9.67. The maximum atomic E-state index is 11.4. The first kappa shape index (κ1) is 21.8. The maximum absolute atomic E-state index is 11.4. The molecule has 10 nitrogen and oxygen atoms in total. The maximum Gasteiger partial charge on any atom is 0.274 e. The third-order valence-corrected chi connectivity index (χ3v) is 4.90. The van der Waals surface area contributed by atoms with Crippen LogP contribution in [0.2, 0.25) is 0 Å². The zero-order chi connectivity index (χ0) is 23.2. The first-order chi connectivity index (χ1) is 16.1. The van der Waals surface area contributed by atoms with Gasteiger partial charge in [-0.1, -0.05) is 37.3 Å². The quantitative estimate of drug-likeness (QED) is 0.244. The minimum absolute atomic E-state index is 0.392. The van der Waals surface area contributed by atoms with Crippen LogP contribution in [0.5, 0.6) is 0 Å². The number of para-hydroxylation sites is 1. The lowest BCUT2D eigenvalue weighted by Crippen LogP contribution is -2.18. The molecule has 0 saturated heterocycles. The average Bonchev–Trinajstić information content (AvgIpc) is 3.34. The molecule has 0 unspecified atom stereocenters. The molecule has 166 valence electrons. The lowest BCUT2D eigenvalue weighted by molar-refractivity contribution is 0.0706. The number of nitrogen functional groups attached to an aromatic ring is 1. The second-order valence-electron chi connectivity index (χ2n) is 7.13. The fourth-order valence-electron chi connectivity index (χ4n) is 3.31. The largest absolute Gasteiger partial charge is 0.382 e. The Morgan fingerprint density at radius 3 is 2.58 bits per heavy atom. The van der Waals surface area contributed by atoms with Crippen LogP contribution in [0.3, 0.4) is 0 Å². The number of hydrogen-bond acceptors (Lipinski definition) is 8. The zero-order valence-corrected chi connectivity index (χ0v) is 17.9. The zero-order valence-electron chi connectivity index (χ0n) is 17.9. The number of aromatic nitrogens is 6. The predicted octanol–water partition coefficient (Wildman–Crippen LogP) is 3.30. The number of rotatable bonds is 4. The van der Waals surface area contributed by atoms with Crippen molar-refractivity contribution in [2.24, 2.45) is 0 Å². The molecule has 0 bridgehead atoms. The number of benzene rings is 2. The van der Waals surface area contributed by atoms with Gasteiger partial charge in [-0.3, -0.25) is 10.0 Å². The Kier molecular flexibility index (Phi) is 6.46. The van der Waals surface area contributed by atoms with Crippen molar-refractivity contribution in [1.29, 1.82) is 0 Å². The third-order valence-electron chi connectivity index (χ3n) is 4.90. The van der Waals surface area contributed by atoms with Gasteiger partial charge in [-0.25, -0.2) is 30.4 Å². The highest BCUT2D eigenvalue weighted by atomic mass is 16.5. The van der Waals surface area contributed by atoms with E-state index >= 15 is 0 Å². The van der Waals surface area contributed by atoms with Crippen LogP contribution in [-0.2, 0) is 6.42 Å². The average molecular weight is 442 g/mol. The van der Waals surface area contributed by atoms with E-state index < -0.39 is 5.91 Å². The van der Waals surface area contributed by atoms with Crippen LogP contribution >= 0.6 is 0 Å². The topological polar surface area (TPSA) is 156 Å². The van der Waals surface area contributed by atoms with Crippen LogP contribution in [0.4, 0.5) is 5.82 Å². The summed E-state index contributed by atoms with van der Waals surface area (Å²) in [7, 11) is 0. The summed E-state index contributed by atoms with van der Waals surface area (Å²) in [5.41, 5.74) is 11.5. The molecule has 3 aromatic heterocycles. The fraction of sp³-hybridized carbons (Fsp3) is 0.130. The first-order valence-electron chi connectivity index (χ1n) is 10.3. The number of carbonyl (C=O) groups is 1. The van der Waals surface area contributed by atoms with Crippen LogP contribution < -0.4 is 11.2 Å². The molecule has 33 heavy (non-hydrogen) atoms. The minimum atomic E-state index is -0.532. The second-order valence-corrected chi connectivity index (χ2v) is 7.13. The summed E-state index contributed by atoms with van der Waals surface area (Å²) in [6.07, 6.45) is 4.73. The molecule has 0 aliphatic heterocycles. The van der Waals surface area contributed by atoms with E-state index in [0.717, 1.165) is 40.8 Å². The van der Waals surface area contributed by atoms with E-state index in [2.05, 4.69) is 31.8 Å². The number of amides is 1. The van der Waals surface area contributed by atoms with Crippen molar-refractivity contribution in [3.8, 4) is 11.3 Å². The van der Waals surface area contributed by atoms with E-state index in [-0.39, 0.29) is 0 Å². The Hall–Kier alpha value is -4.44. The Labute approximate surface area is 188 Å². The van der Waals surface area contributed by atoms with Gasteiger partial charge in [-0.15, -0.1) is 0 Å². The Bertz CT molecular complexity index is 1400. The van der Waals surface area contributed by atoms with Crippen LogP contribution in [0.15, 0.2) is 61.2 Å². The molecule has 10 heteroatoms. The number of anilines is 1. The highest BCUT2D eigenvalue weighted by Crippen LogP contribution is 2.26. The van der Waals surface area contributed by atoms with Crippen molar-refractivity contribution in [2.45, 2.75) is 19.8 Å². The summed E-state index contributed by atoms with van der Waals surface area (Å²) in [5.74, 6) is 0.719. The molecule has 0 saturated carbocycles. The summed E-state index contributed by atoms with van der Waals surface area (Å²) in [6, 6.07) is 14.9. The van der Waals surface area contributed by atoms with Crippen LogP contribution in [-0.4, -0.2) is 41.0 Å². The molecule has 5 aromatic rings. The number of aryl methyl sites for hydroxylation is 1. The summed E-state index contributed by atoms with van der Waals surface area (Å²) < 4.78 is 0. The molecule has 3 heterocycles. The number of nitrogens with two attached hydrogens (primary N) is 1. The van der Waals surface area contributed by atoms with Crippen molar-refractivity contribution >= 4 is 33.8 Å². The van der Waals surface area contributed by atoms with Gasteiger partial charge in [0.2, 0.25) is 0 Å². The molecule has 5 N–H and O–H groups in total. The molecule has 0 spiro atoms. The van der Waals surface area contributed by atoms with E-state index in [1.54, 1.807) is 17.6 Å². The van der Waals surface area contributed by atoms with Gasteiger partial charge in [0.25, 0.3) is 5.91 Å². The normalized spacial score (nSPS) is 10.6. The van der Waals surface area contributed by atoms with Gasteiger partial charge in [-0.2, -0.15) is 0 Å². The van der Waals surface area contributed by atoms with Crippen LogP contribution in [0, 0.1) is 0 Å². The number of fused-ring (bicyclic) bond motifs is 2. The smallest absolute Gasteiger partial charge is 0.274 e. The predicted molar refractivity (Wildman–Crippen MR) is 124 cm³/mol. The molecule has 0 aliphatic carbocycles. The standard InChI is InChI=1S/C18H17N3O2.C5H5N5/c1-2-5-16-19-15-7-4-3-6-14(15)17(20-16)12-8-10-13(11-9-12)18(22)21-23;6-4-3-5(9-1-7-3)10-2-8-4/h3-4,6-11,23H,2,5H2,1H3,(H,21,22);1-2H,(H3,6,7,8,9,10). The molecule has 2 aromatic carbocycles. The van der Waals surface area contributed by atoms with Gasteiger partial charge in [0.15, 0.2) is 11.5 Å². The van der Waals surface area contributed by atoms with E-state index in [4.69, 9.17) is 15.9 Å². The van der Waals surface area contributed by atoms with Gasteiger partial charge in [-0.05, 0) is 24.6 Å². The number of hydrogen-bond donors (Lipinski definition) is 4. The van der Waals surface area contributed by atoms with E-state index in [9.17, 15) is 4.79 Å². The SMILES string of the molecule is CCCc1nc(-c2ccc(C(=O)NO)cc2)c2ccccc2n1.Nc1ncnc2nc[nH]c12. The second kappa shape index (κ2) is 9.79. The number of hydroxylamine groups is 1. The molecule has 0 atom stereocenters. The van der Waals surface area contributed by atoms with Crippen molar-refractivity contribution < 1.29 is 10.0 Å². The van der Waals surface area contributed by atoms with Gasteiger partial charge in [0, 0.05) is 22.9 Å². The number of nitrogens with one attached hydrogen (secondary N) is 2. The van der Waals surface area contributed by atoms with Crippen molar-refractivity contribution in [3.05, 3.63) is 72.6 Å². The van der Waals surface area contributed by atoms with Crippen molar-refractivity contribution in [2.75, 3.05) is 5.73 Å². The highest BCUT2D eigenvalue weighted by molar-refractivity contribution is 5.95. The molecule has 1 amide bonds. The Morgan fingerprint density at radius 1 is 1.06 bits per heavy atom. The summed E-state index contributed by atoms with van der Waals surface area (Å²) in [4.78, 5) is 35.1. The summed E-state index contributed by atoms with van der Waals surface area (Å²) >= 11 is 0. The Morgan fingerprint density at radius 2 is 1.85 bits per heavy atom. The molecule has 0 aliphatic rings. The monoisotopic (exact) mass is 442 g/mol. The van der Waals surface area contributed by atoms with Crippen LogP contribution in [0.25, 0.3) is 33.3 Å². The van der Waals surface area contributed by atoms with Gasteiger partial charge in [0.1, 0.15) is 17.7 Å². The van der Waals surface area contributed by atoms with E-state index in [0.29, 0.717) is 22.5 Å². The van der Waals surface area contributed by atoms with Crippen LogP contribution in [0.1, 0.15) is 29.5 Å².